The van der Waals surface area contributed by atoms with E-state index in [2.05, 4.69) is 15.2 Å². The molecule has 6 heteroatoms. The number of piperidine rings is 1. The van der Waals surface area contributed by atoms with Crippen LogP contribution in [0.1, 0.15) is 37.3 Å². The molecular formula is C20H24FN3O2. The van der Waals surface area contributed by atoms with Gasteiger partial charge in [0.1, 0.15) is 11.6 Å². The molecule has 5 nitrogen and oxygen atoms in total. The molecule has 1 aliphatic rings. The Morgan fingerprint density at radius 3 is 2.77 bits per heavy atom. The Labute approximate surface area is 152 Å². The first kappa shape index (κ1) is 18.3. The van der Waals surface area contributed by atoms with E-state index in [1.807, 2.05) is 12.1 Å². The summed E-state index contributed by atoms with van der Waals surface area (Å²) >= 11 is 0. The van der Waals surface area contributed by atoms with Gasteiger partial charge in [-0.15, -0.1) is 0 Å². The van der Waals surface area contributed by atoms with Crippen molar-refractivity contribution in [2.24, 2.45) is 0 Å². The number of nitrogens with one attached hydrogen (secondary N) is 1. The molecule has 0 unspecified atom stereocenters. The highest BCUT2D eigenvalue weighted by Gasteiger charge is 2.32. The summed E-state index contributed by atoms with van der Waals surface area (Å²) in [5.41, 5.74) is -0.689. The number of hydrogen-bond donors (Lipinski definition) is 2. The third-order valence-electron chi connectivity index (χ3n) is 4.79. The summed E-state index contributed by atoms with van der Waals surface area (Å²) in [6.45, 7) is 3.54. The molecule has 1 saturated heterocycles. The van der Waals surface area contributed by atoms with Gasteiger partial charge in [-0.05, 0) is 49.9 Å². The lowest BCUT2D eigenvalue weighted by Crippen LogP contribution is -2.42. The van der Waals surface area contributed by atoms with E-state index in [-0.39, 0.29) is 12.1 Å². The molecular weight excluding hydrogens is 333 g/mol. The number of rotatable bonds is 5. The quantitative estimate of drug-likeness (QED) is 0.864. The fourth-order valence-electron chi connectivity index (χ4n) is 3.23. The minimum Gasteiger partial charge on any atom is -0.376 e. The highest BCUT2D eigenvalue weighted by Crippen LogP contribution is 2.24. The Kier molecular flexibility index (Phi) is 5.52. The third kappa shape index (κ3) is 4.02. The van der Waals surface area contributed by atoms with Crippen molar-refractivity contribution < 1.29 is 14.3 Å². The standard InChI is InChI=1S/C20H24FN3O2/c1-20(26,16-8-5-9-17(21)13-16)19(25)23-14-15-7-6-10-22-18(15)24-11-3-2-4-12-24/h5-10,13,26H,2-4,11-12,14H2,1H3,(H,23,25)/t20-/m0/s1. The lowest BCUT2D eigenvalue weighted by Gasteiger charge is -2.29. The Morgan fingerprint density at radius 2 is 2.04 bits per heavy atom. The van der Waals surface area contributed by atoms with Crippen molar-refractivity contribution >= 4 is 11.7 Å². The van der Waals surface area contributed by atoms with Crippen molar-refractivity contribution in [1.82, 2.24) is 10.3 Å². The summed E-state index contributed by atoms with van der Waals surface area (Å²) in [7, 11) is 0. The maximum atomic E-state index is 13.4. The van der Waals surface area contributed by atoms with Gasteiger partial charge in [-0.2, -0.15) is 0 Å². The lowest BCUT2D eigenvalue weighted by atomic mass is 9.95. The van der Waals surface area contributed by atoms with Crippen molar-refractivity contribution in [3.8, 4) is 0 Å². The molecule has 1 atom stereocenters. The van der Waals surface area contributed by atoms with Gasteiger partial charge in [0, 0.05) is 31.4 Å². The number of carbonyl (C=O) groups is 1. The number of aromatic nitrogens is 1. The van der Waals surface area contributed by atoms with Crippen LogP contribution in [-0.4, -0.2) is 29.1 Å². The molecule has 138 valence electrons. The first-order chi connectivity index (χ1) is 12.5. The Balaban J connectivity index is 1.71. The average Bonchev–Trinajstić information content (AvgIpc) is 2.67. The molecule has 0 saturated carbocycles. The first-order valence-corrected chi connectivity index (χ1v) is 8.94. The van der Waals surface area contributed by atoms with Crippen molar-refractivity contribution in [2.45, 2.75) is 38.3 Å². The number of anilines is 1. The first-order valence-electron chi connectivity index (χ1n) is 8.94. The van der Waals surface area contributed by atoms with Crippen LogP contribution in [0.2, 0.25) is 0 Å². The van der Waals surface area contributed by atoms with Crippen molar-refractivity contribution in [3.05, 3.63) is 59.5 Å². The van der Waals surface area contributed by atoms with Gasteiger partial charge in [-0.25, -0.2) is 9.37 Å². The van der Waals surface area contributed by atoms with E-state index in [1.54, 1.807) is 6.20 Å². The molecule has 1 aromatic carbocycles. The number of halogens is 1. The second kappa shape index (κ2) is 7.83. The number of benzene rings is 1. The fraction of sp³-hybridized carbons (Fsp3) is 0.400. The molecule has 0 radical (unpaired) electrons. The number of amides is 1. The van der Waals surface area contributed by atoms with Crippen LogP contribution in [-0.2, 0) is 16.9 Å². The zero-order valence-electron chi connectivity index (χ0n) is 14.9. The van der Waals surface area contributed by atoms with Gasteiger partial charge in [-0.1, -0.05) is 18.2 Å². The van der Waals surface area contributed by atoms with E-state index in [4.69, 9.17) is 0 Å². The number of nitrogens with zero attached hydrogens (tertiary/aromatic N) is 2. The summed E-state index contributed by atoms with van der Waals surface area (Å²) in [6, 6.07) is 9.21. The summed E-state index contributed by atoms with van der Waals surface area (Å²) in [6.07, 6.45) is 5.25. The molecule has 0 spiro atoms. The van der Waals surface area contributed by atoms with E-state index >= 15 is 0 Å². The molecule has 2 aromatic rings. The molecule has 1 amide bonds. The number of aliphatic hydroxyl groups is 1. The molecule has 2 N–H and O–H groups in total. The van der Waals surface area contributed by atoms with Gasteiger partial charge in [-0.3, -0.25) is 4.79 Å². The zero-order valence-corrected chi connectivity index (χ0v) is 14.9. The van der Waals surface area contributed by atoms with Crippen LogP contribution in [0.15, 0.2) is 42.6 Å². The molecule has 1 aromatic heterocycles. The van der Waals surface area contributed by atoms with Gasteiger partial charge < -0.3 is 15.3 Å². The summed E-state index contributed by atoms with van der Waals surface area (Å²) in [4.78, 5) is 19.2. The van der Waals surface area contributed by atoms with E-state index in [0.29, 0.717) is 0 Å². The van der Waals surface area contributed by atoms with E-state index in [9.17, 15) is 14.3 Å². The predicted octanol–water partition coefficient (Wildman–Crippen LogP) is 2.73. The van der Waals surface area contributed by atoms with Gasteiger partial charge in [0.25, 0.3) is 5.91 Å². The Hall–Kier alpha value is -2.47. The van der Waals surface area contributed by atoms with Gasteiger partial charge in [0.05, 0.1) is 0 Å². The minimum absolute atomic E-state index is 0.220. The predicted molar refractivity (Wildman–Crippen MR) is 98.1 cm³/mol. The van der Waals surface area contributed by atoms with Gasteiger partial charge >= 0.3 is 0 Å². The van der Waals surface area contributed by atoms with Gasteiger partial charge in [0.15, 0.2) is 5.60 Å². The molecule has 1 aliphatic heterocycles. The number of pyridine rings is 1. The van der Waals surface area contributed by atoms with Crippen LogP contribution in [0.25, 0.3) is 0 Å². The van der Waals surface area contributed by atoms with Crippen LogP contribution in [0, 0.1) is 5.82 Å². The van der Waals surface area contributed by atoms with Crippen molar-refractivity contribution in [3.63, 3.8) is 0 Å². The Bertz CT molecular complexity index is 773. The largest absolute Gasteiger partial charge is 0.376 e. The monoisotopic (exact) mass is 357 g/mol. The van der Waals surface area contributed by atoms with Gasteiger partial charge in [0.2, 0.25) is 0 Å². The van der Waals surface area contributed by atoms with Crippen LogP contribution >= 0.6 is 0 Å². The van der Waals surface area contributed by atoms with Crippen LogP contribution in [0.5, 0.6) is 0 Å². The normalized spacial score (nSPS) is 16.8. The molecule has 26 heavy (non-hydrogen) atoms. The molecule has 0 bridgehead atoms. The Morgan fingerprint density at radius 1 is 1.27 bits per heavy atom. The average molecular weight is 357 g/mol. The summed E-state index contributed by atoms with van der Waals surface area (Å²) < 4.78 is 13.4. The van der Waals surface area contributed by atoms with E-state index in [0.717, 1.165) is 37.3 Å². The maximum Gasteiger partial charge on any atom is 0.256 e. The SMILES string of the molecule is C[C@@](O)(C(=O)NCc1cccnc1N1CCCCC1)c1cccc(F)c1. The fourth-order valence-corrected chi connectivity index (χ4v) is 3.23. The lowest BCUT2D eigenvalue weighted by molar-refractivity contribution is -0.139. The maximum absolute atomic E-state index is 13.4. The molecule has 2 heterocycles. The van der Waals surface area contributed by atoms with Crippen LogP contribution in [0.3, 0.4) is 0 Å². The van der Waals surface area contributed by atoms with E-state index in [1.165, 1.54) is 37.6 Å². The molecule has 1 fully saturated rings. The highest BCUT2D eigenvalue weighted by atomic mass is 19.1. The summed E-state index contributed by atoms with van der Waals surface area (Å²) in [5.74, 6) is -0.190. The molecule has 3 rings (SSSR count). The second-order valence-electron chi connectivity index (χ2n) is 6.80. The number of hydrogen-bond acceptors (Lipinski definition) is 4. The smallest absolute Gasteiger partial charge is 0.256 e. The summed E-state index contributed by atoms with van der Waals surface area (Å²) in [5, 5.41) is 13.3. The molecule has 0 aliphatic carbocycles. The van der Waals surface area contributed by atoms with E-state index < -0.39 is 17.3 Å². The second-order valence-corrected chi connectivity index (χ2v) is 6.80. The number of carbonyl (C=O) groups excluding carboxylic acids is 1. The van der Waals surface area contributed by atoms with Crippen molar-refractivity contribution in [2.75, 3.05) is 18.0 Å². The van der Waals surface area contributed by atoms with Crippen LogP contribution in [0.4, 0.5) is 10.2 Å². The van der Waals surface area contributed by atoms with Crippen molar-refractivity contribution in [1.29, 1.82) is 0 Å². The highest BCUT2D eigenvalue weighted by molar-refractivity contribution is 5.85. The minimum atomic E-state index is -1.81. The van der Waals surface area contributed by atoms with Crippen LogP contribution < -0.4 is 10.2 Å². The topological polar surface area (TPSA) is 65.5 Å². The zero-order chi connectivity index (χ0) is 18.6. The third-order valence-corrected chi connectivity index (χ3v) is 4.79.